The fourth-order valence-electron chi connectivity index (χ4n) is 2.16. The third-order valence-electron chi connectivity index (χ3n) is 3.41. The first-order chi connectivity index (χ1) is 10.2. The lowest BCUT2D eigenvalue weighted by Crippen LogP contribution is -2.14. The van der Waals surface area contributed by atoms with Gasteiger partial charge in [-0.05, 0) is 13.8 Å². The molecule has 0 radical (unpaired) electrons. The summed E-state index contributed by atoms with van der Waals surface area (Å²) >= 11 is 0. The molecule has 0 aliphatic heterocycles. The summed E-state index contributed by atoms with van der Waals surface area (Å²) in [7, 11) is 2.01. The molecule has 6 heteroatoms. The van der Waals surface area contributed by atoms with Crippen LogP contribution in [0, 0.1) is 6.92 Å². The lowest BCUT2D eigenvalue weighted by molar-refractivity contribution is 0.787. The van der Waals surface area contributed by atoms with Gasteiger partial charge in [0.05, 0.1) is 0 Å². The number of aryl methyl sites for hydroxylation is 2. The Labute approximate surface area is 126 Å². The first kappa shape index (κ1) is 15.3. The van der Waals surface area contributed by atoms with Crippen molar-refractivity contribution >= 4 is 11.6 Å². The van der Waals surface area contributed by atoms with Crippen LogP contribution < -0.4 is 10.6 Å². The average molecular weight is 288 g/mol. The van der Waals surface area contributed by atoms with E-state index in [9.17, 15) is 0 Å². The van der Waals surface area contributed by atoms with Crippen molar-refractivity contribution in [2.75, 3.05) is 23.7 Å². The summed E-state index contributed by atoms with van der Waals surface area (Å²) in [6.07, 6.45) is 5.48. The Morgan fingerprint density at radius 2 is 1.86 bits per heavy atom. The van der Waals surface area contributed by atoms with E-state index in [1.54, 1.807) is 0 Å². The number of nitrogens with one attached hydrogen (secondary N) is 2. The lowest BCUT2D eigenvalue weighted by Gasteiger charge is -2.14. The largest absolute Gasteiger partial charge is 0.370 e. The molecule has 2 rings (SSSR count). The molecule has 2 aromatic heterocycles. The maximum absolute atomic E-state index is 4.59. The highest BCUT2D eigenvalue weighted by Gasteiger charge is 2.09. The van der Waals surface area contributed by atoms with Gasteiger partial charge in [0.2, 0.25) is 0 Å². The third kappa shape index (κ3) is 3.71. The Kier molecular flexibility index (Phi) is 5.14. The quantitative estimate of drug-likeness (QED) is 0.817. The SMILES string of the molecule is CCNc1nc(CC)nc(NCCc2nccn2C)c1C. The Bertz CT molecular complexity index is 590. The highest BCUT2D eigenvalue weighted by atomic mass is 15.1. The van der Waals surface area contributed by atoms with Crippen LogP contribution in [0.3, 0.4) is 0 Å². The van der Waals surface area contributed by atoms with Crippen LogP contribution in [0.25, 0.3) is 0 Å². The topological polar surface area (TPSA) is 67.7 Å². The van der Waals surface area contributed by atoms with Crippen molar-refractivity contribution in [3.8, 4) is 0 Å². The molecule has 0 fully saturated rings. The normalized spacial score (nSPS) is 10.7. The van der Waals surface area contributed by atoms with Gasteiger partial charge in [0.15, 0.2) is 0 Å². The zero-order valence-corrected chi connectivity index (χ0v) is 13.3. The van der Waals surface area contributed by atoms with Gasteiger partial charge >= 0.3 is 0 Å². The molecular weight excluding hydrogens is 264 g/mol. The Morgan fingerprint density at radius 1 is 1.14 bits per heavy atom. The predicted octanol–water partition coefficient (Wildman–Crippen LogP) is 2.17. The number of anilines is 2. The molecule has 114 valence electrons. The maximum Gasteiger partial charge on any atom is 0.134 e. The number of aromatic nitrogens is 4. The minimum Gasteiger partial charge on any atom is -0.370 e. The van der Waals surface area contributed by atoms with E-state index in [0.29, 0.717) is 0 Å². The summed E-state index contributed by atoms with van der Waals surface area (Å²) in [5.74, 6) is 3.75. The molecule has 0 aliphatic rings. The monoisotopic (exact) mass is 288 g/mol. The standard InChI is InChI=1S/C15H24N6/c1-5-12-19-14(16-6-2)11(3)15(20-12)18-8-7-13-17-9-10-21(13)4/h9-10H,5-8H2,1-4H3,(H2,16,18,19,20). The van der Waals surface area contributed by atoms with Crippen molar-refractivity contribution in [2.45, 2.75) is 33.6 Å². The summed E-state index contributed by atoms with van der Waals surface area (Å²) in [6.45, 7) is 7.84. The van der Waals surface area contributed by atoms with Crippen molar-refractivity contribution in [3.63, 3.8) is 0 Å². The molecule has 0 unspecified atom stereocenters. The first-order valence-electron chi connectivity index (χ1n) is 7.47. The van der Waals surface area contributed by atoms with Crippen LogP contribution in [-0.2, 0) is 19.9 Å². The zero-order chi connectivity index (χ0) is 15.2. The number of hydrogen-bond acceptors (Lipinski definition) is 5. The van der Waals surface area contributed by atoms with Crippen LogP contribution in [0.4, 0.5) is 11.6 Å². The molecule has 2 aromatic rings. The van der Waals surface area contributed by atoms with E-state index >= 15 is 0 Å². The van der Waals surface area contributed by atoms with Crippen LogP contribution in [0.5, 0.6) is 0 Å². The van der Waals surface area contributed by atoms with Crippen molar-refractivity contribution < 1.29 is 0 Å². The van der Waals surface area contributed by atoms with E-state index in [0.717, 1.165) is 54.8 Å². The number of imidazole rings is 1. The van der Waals surface area contributed by atoms with E-state index in [1.807, 2.05) is 30.9 Å². The van der Waals surface area contributed by atoms with Crippen LogP contribution in [0.2, 0.25) is 0 Å². The van der Waals surface area contributed by atoms with Crippen molar-refractivity contribution in [1.29, 1.82) is 0 Å². The van der Waals surface area contributed by atoms with Crippen LogP contribution in [-0.4, -0.2) is 32.6 Å². The van der Waals surface area contributed by atoms with Crippen molar-refractivity contribution in [1.82, 2.24) is 19.5 Å². The van der Waals surface area contributed by atoms with Crippen molar-refractivity contribution in [2.24, 2.45) is 7.05 Å². The highest BCUT2D eigenvalue weighted by Crippen LogP contribution is 2.20. The molecule has 0 aliphatic carbocycles. The van der Waals surface area contributed by atoms with Crippen LogP contribution in [0.15, 0.2) is 12.4 Å². The minimum absolute atomic E-state index is 0.803. The molecule has 0 spiro atoms. The van der Waals surface area contributed by atoms with E-state index in [-0.39, 0.29) is 0 Å². The third-order valence-corrected chi connectivity index (χ3v) is 3.41. The molecule has 2 N–H and O–H groups in total. The predicted molar refractivity (Wildman–Crippen MR) is 85.7 cm³/mol. The van der Waals surface area contributed by atoms with Crippen molar-refractivity contribution in [3.05, 3.63) is 29.6 Å². The molecule has 0 saturated heterocycles. The molecular formula is C15H24N6. The number of nitrogens with zero attached hydrogens (tertiary/aromatic N) is 4. The van der Waals surface area contributed by atoms with E-state index in [2.05, 4.69) is 39.4 Å². The fourth-order valence-corrected chi connectivity index (χ4v) is 2.16. The Morgan fingerprint density at radius 3 is 2.43 bits per heavy atom. The van der Waals surface area contributed by atoms with Gasteiger partial charge in [-0.3, -0.25) is 0 Å². The molecule has 2 heterocycles. The lowest BCUT2D eigenvalue weighted by atomic mass is 10.2. The van der Waals surface area contributed by atoms with Crippen LogP contribution in [0.1, 0.15) is 31.1 Å². The molecule has 6 nitrogen and oxygen atoms in total. The summed E-state index contributed by atoms with van der Waals surface area (Å²) in [4.78, 5) is 13.4. The Balaban J connectivity index is 2.08. The second-order valence-corrected chi connectivity index (χ2v) is 4.98. The van der Waals surface area contributed by atoms with E-state index in [4.69, 9.17) is 0 Å². The van der Waals surface area contributed by atoms with Gasteiger partial charge in [-0.1, -0.05) is 6.92 Å². The average Bonchev–Trinajstić information content (AvgIpc) is 2.88. The number of hydrogen-bond donors (Lipinski definition) is 2. The first-order valence-corrected chi connectivity index (χ1v) is 7.47. The molecule has 21 heavy (non-hydrogen) atoms. The second-order valence-electron chi connectivity index (χ2n) is 4.98. The van der Waals surface area contributed by atoms with Gasteiger partial charge in [-0.15, -0.1) is 0 Å². The molecule has 0 amide bonds. The molecule has 0 bridgehead atoms. The van der Waals surface area contributed by atoms with Gasteiger partial charge in [-0.25, -0.2) is 15.0 Å². The minimum atomic E-state index is 0.803. The summed E-state index contributed by atoms with van der Waals surface area (Å²) in [6, 6.07) is 0. The zero-order valence-electron chi connectivity index (χ0n) is 13.3. The van der Waals surface area contributed by atoms with E-state index in [1.165, 1.54) is 0 Å². The summed E-state index contributed by atoms with van der Waals surface area (Å²) in [5, 5.41) is 6.70. The van der Waals surface area contributed by atoms with Gasteiger partial charge < -0.3 is 15.2 Å². The second kappa shape index (κ2) is 7.06. The molecule has 0 atom stereocenters. The van der Waals surface area contributed by atoms with Gasteiger partial charge in [0, 0.05) is 50.9 Å². The summed E-state index contributed by atoms with van der Waals surface area (Å²) < 4.78 is 2.04. The van der Waals surface area contributed by atoms with Crippen LogP contribution >= 0.6 is 0 Å². The molecule has 0 saturated carbocycles. The highest BCUT2D eigenvalue weighted by molar-refractivity contribution is 5.57. The fraction of sp³-hybridized carbons (Fsp3) is 0.533. The smallest absolute Gasteiger partial charge is 0.134 e. The molecule has 0 aromatic carbocycles. The maximum atomic E-state index is 4.59. The Hall–Kier alpha value is -2.11. The number of rotatable bonds is 7. The summed E-state index contributed by atoms with van der Waals surface area (Å²) in [5.41, 5.74) is 1.06. The van der Waals surface area contributed by atoms with Gasteiger partial charge in [-0.2, -0.15) is 0 Å². The van der Waals surface area contributed by atoms with Gasteiger partial charge in [0.1, 0.15) is 23.3 Å². The van der Waals surface area contributed by atoms with Gasteiger partial charge in [0.25, 0.3) is 0 Å². The van der Waals surface area contributed by atoms with E-state index < -0.39 is 0 Å².